The Morgan fingerprint density at radius 2 is 1.60 bits per heavy atom. The number of benzene rings is 2. The Bertz CT molecular complexity index is 1530. The van der Waals surface area contributed by atoms with Gasteiger partial charge in [0.25, 0.3) is 5.95 Å². The van der Waals surface area contributed by atoms with E-state index in [2.05, 4.69) is 22.0 Å². The number of hydrogen-bond acceptors (Lipinski definition) is 7. The number of nitrogens with zero attached hydrogens (tertiary/aromatic N) is 6. The van der Waals surface area contributed by atoms with Crippen molar-refractivity contribution in [3.05, 3.63) is 76.5 Å². The molecule has 0 aliphatic carbocycles. The molecule has 0 unspecified atom stereocenters. The third-order valence-corrected chi connectivity index (χ3v) is 6.62. The van der Waals surface area contributed by atoms with Crippen LogP contribution in [-0.4, -0.2) is 38.9 Å². The van der Waals surface area contributed by atoms with E-state index in [9.17, 15) is 44.3 Å². The second-order valence-corrected chi connectivity index (χ2v) is 10.3. The van der Waals surface area contributed by atoms with E-state index in [4.69, 9.17) is 10.5 Å². The van der Waals surface area contributed by atoms with Gasteiger partial charge in [0.1, 0.15) is 0 Å². The maximum atomic E-state index is 13.9. The molecule has 0 fully saturated rings. The molecule has 1 atom stereocenters. The third-order valence-electron chi connectivity index (χ3n) is 6.62. The number of nitrogens with two attached hydrogens (primary N) is 1. The molecular formula is C27H26F9N7O2. The summed E-state index contributed by atoms with van der Waals surface area (Å²) in [7, 11) is 0. The first-order chi connectivity index (χ1) is 20.8. The van der Waals surface area contributed by atoms with Gasteiger partial charge in [-0.2, -0.15) is 44.3 Å². The fourth-order valence-electron chi connectivity index (χ4n) is 4.74. The topological polar surface area (TPSA) is 102 Å². The van der Waals surface area contributed by atoms with Crippen LogP contribution in [0.5, 0.6) is 0 Å². The molecule has 244 valence electrons. The van der Waals surface area contributed by atoms with Gasteiger partial charge in [-0.1, -0.05) is 11.7 Å². The van der Waals surface area contributed by atoms with Gasteiger partial charge in [0.15, 0.2) is 0 Å². The van der Waals surface area contributed by atoms with E-state index in [0.717, 1.165) is 26.7 Å². The summed E-state index contributed by atoms with van der Waals surface area (Å²) in [6.45, 7) is 6.25. The van der Waals surface area contributed by atoms with Crippen LogP contribution in [0.4, 0.5) is 55.9 Å². The number of carbonyl (C=O) groups is 1. The number of aromatic nitrogens is 4. The van der Waals surface area contributed by atoms with Crippen LogP contribution in [0.1, 0.15) is 54.1 Å². The van der Waals surface area contributed by atoms with Crippen LogP contribution in [0.25, 0.3) is 0 Å². The van der Waals surface area contributed by atoms with Gasteiger partial charge < -0.3 is 15.4 Å². The van der Waals surface area contributed by atoms with Crippen LogP contribution in [0.15, 0.2) is 48.7 Å². The average molecular weight is 652 g/mol. The van der Waals surface area contributed by atoms with Crippen LogP contribution < -0.4 is 15.5 Å². The van der Waals surface area contributed by atoms with Crippen molar-refractivity contribution in [1.82, 2.24) is 20.2 Å². The largest absolute Gasteiger partial charge is 0.446 e. The van der Waals surface area contributed by atoms with Crippen LogP contribution >= 0.6 is 0 Å². The number of amides is 1. The van der Waals surface area contributed by atoms with Gasteiger partial charge in [-0.25, -0.2) is 4.79 Å². The van der Waals surface area contributed by atoms with Gasteiger partial charge in [-0.05, 0) is 66.6 Å². The minimum Gasteiger partial charge on any atom is -0.446 e. The van der Waals surface area contributed by atoms with Gasteiger partial charge >= 0.3 is 24.6 Å². The number of halogens is 9. The maximum Gasteiger partial charge on any atom is 0.418 e. The third kappa shape index (κ3) is 7.49. The molecule has 18 heteroatoms. The molecule has 0 spiro atoms. The van der Waals surface area contributed by atoms with E-state index in [1.165, 1.54) is 0 Å². The Kier molecular flexibility index (Phi) is 9.10. The smallest absolute Gasteiger partial charge is 0.418 e. The van der Waals surface area contributed by atoms with Gasteiger partial charge in [-0.3, -0.25) is 4.90 Å². The van der Waals surface area contributed by atoms with Gasteiger partial charge in [0.2, 0.25) is 0 Å². The average Bonchev–Trinajstić information content (AvgIpc) is 3.37. The van der Waals surface area contributed by atoms with Crippen molar-refractivity contribution in [3.63, 3.8) is 0 Å². The quantitative estimate of drug-likeness (QED) is 0.284. The highest BCUT2D eigenvalue weighted by Crippen LogP contribution is 2.46. The highest BCUT2D eigenvalue weighted by atomic mass is 19.4. The zero-order chi connectivity index (χ0) is 33.5. The van der Waals surface area contributed by atoms with E-state index < -0.39 is 65.6 Å². The molecule has 0 saturated carbocycles. The summed E-state index contributed by atoms with van der Waals surface area (Å²) >= 11 is 0. The van der Waals surface area contributed by atoms with Crippen molar-refractivity contribution in [2.45, 2.75) is 64.0 Å². The number of ether oxygens (including phenoxy) is 1. The van der Waals surface area contributed by atoms with E-state index >= 15 is 0 Å². The lowest BCUT2D eigenvalue weighted by atomic mass is 9.91. The van der Waals surface area contributed by atoms with E-state index in [1.54, 1.807) is 13.8 Å². The second kappa shape index (κ2) is 12.2. The number of hydrogen-bond donors (Lipinski definition) is 1. The summed E-state index contributed by atoms with van der Waals surface area (Å²) in [6, 6.07) is 2.10. The van der Waals surface area contributed by atoms with Crippen LogP contribution in [-0.2, 0) is 36.4 Å². The first-order valence-electron chi connectivity index (χ1n) is 13.2. The molecule has 1 aliphatic heterocycles. The number of anilines is 2. The normalized spacial score (nSPS) is 15.8. The van der Waals surface area contributed by atoms with Gasteiger partial charge in [-0.15, -0.1) is 5.10 Å². The Hall–Kier alpha value is -4.35. The molecule has 0 bridgehead atoms. The molecule has 9 nitrogen and oxygen atoms in total. The summed E-state index contributed by atoms with van der Waals surface area (Å²) in [5, 5.41) is 11.8. The molecule has 4 rings (SSSR count). The molecule has 2 aromatic carbocycles. The SMILES string of the molecule is C=C1C[C@H](N(Cc2cc(C(F)(F)F)cc(C(F)(F)F)c2)c2nnn(CCN)n2)c2cc(C(F)(F)F)ccc2N1C(=O)OC(C)C. The lowest BCUT2D eigenvalue weighted by molar-refractivity contribution is -0.143. The van der Waals surface area contributed by atoms with Gasteiger partial charge in [0.05, 0.1) is 41.1 Å². The predicted octanol–water partition coefficient (Wildman–Crippen LogP) is 6.70. The fraction of sp³-hybridized carbons (Fsp3) is 0.407. The number of tetrazole rings is 1. The first kappa shape index (κ1) is 33.5. The second-order valence-electron chi connectivity index (χ2n) is 10.3. The van der Waals surface area contributed by atoms with Crippen molar-refractivity contribution >= 4 is 17.7 Å². The standard InChI is InChI=1S/C27H26F9N7O2/c1-14(2)45-24(44)43-15(3)8-22(20-12-17(25(28,29)30)4-5-21(20)43)41(23-38-40-42(39-23)7-6-37)13-16-9-18(26(31,32)33)11-19(10-16)27(34,35)36/h4-5,9-12,14,22H,3,6-8,13,37H2,1-2H3/t22-/m0/s1. The molecule has 1 aliphatic rings. The van der Waals surface area contributed by atoms with Crippen molar-refractivity contribution in [2.24, 2.45) is 5.73 Å². The first-order valence-corrected chi connectivity index (χ1v) is 13.2. The van der Waals surface area contributed by atoms with E-state index in [0.29, 0.717) is 18.2 Å². The van der Waals surface area contributed by atoms with Crippen LogP contribution in [0, 0.1) is 0 Å². The summed E-state index contributed by atoms with van der Waals surface area (Å²) in [5.74, 6) is -0.339. The van der Waals surface area contributed by atoms with E-state index in [-0.39, 0.29) is 48.5 Å². The van der Waals surface area contributed by atoms with Crippen LogP contribution in [0.3, 0.4) is 0 Å². The van der Waals surface area contributed by atoms with E-state index in [1.807, 2.05) is 0 Å². The van der Waals surface area contributed by atoms with Crippen molar-refractivity contribution in [1.29, 1.82) is 0 Å². The van der Waals surface area contributed by atoms with Crippen LogP contribution in [0.2, 0.25) is 0 Å². The zero-order valence-corrected chi connectivity index (χ0v) is 23.6. The lowest BCUT2D eigenvalue weighted by Gasteiger charge is -2.40. The molecule has 1 amide bonds. The summed E-state index contributed by atoms with van der Waals surface area (Å²) in [4.78, 5) is 16.0. The molecule has 3 aromatic rings. The molecule has 0 radical (unpaired) electrons. The zero-order valence-electron chi connectivity index (χ0n) is 23.6. The summed E-state index contributed by atoms with van der Waals surface area (Å²) in [6.07, 6.45) is -17.1. The highest BCUT2D eigenvalue weighted by Gasteiger charge is 2.41. The van der Waals surface area contributed by atoms with Crippen molar-refractivity contribution in [2.75, 3.05) is 16.3 Å². The molecule has 2 heterocycles. The number of rotatable bonds is 7. The van der Waals surface area contributed by atoms with Crippen molar-refractivity contribution in [3.8, 4) is 0 Å². The molecular weight excluding hydrogens is 625 g/mol. The monoisotopic (exact) mass is 651 g/mol. The molecule has 1 aromatic heterocycles. The number of fused-ring (bicyclic) bond motifs is 1. The summed E-state index contributed by atoms with van der Waals surface area (Å²) in [5.41, 5.74) is 0.433. The van der Waals surface area contributed by atoms with Crippen molar-refractivity contribution < 1.29 is 49.0 Å². The molecule has 45 heavy (non-hydrogen) atoms. The number of alkyl halides is 9. The minimum absolute atomic E-state index is 0.0114. The van der Waals surface area contributed by atoms with Gasteiger partial charge in [0, 0.05) is 25.2 Å². The Balaban J connectivity index is 1.93. The Morgan fingerprint density at radius 1 is 1.00 bits per heavy atom. The molecule has 2 N–H and O–H groups in total. The summed E-state index contributed by atoms with van der Waals surface area (Å²) < 4.78 is 129. The Labute approximate surface area is 250 Å². The minimum atomic E-state index is -5.16. The molecule has 0 saturated heterocycles. The Morgan fingerprint density at radius 3 is 2.13 bits per heavy atom. The highest BCUT2D eigenvalue weighted by molar-refractivity contribution is 5.93. The maximum absolute atomic E-state index is 13.9. The number of carbonyl (C=O) groups excluding carboxylic acids is 1. The fourth-order valence-corrected chi connectivity index (χ4v) is 4.74. The lowest BCUT2D eigenvalue weighted by Crippen LogP contribution is -2.41. The predicted molar refractivity (Wildman–Crippen MR) is 142 cm³/mol.